The molecule has 0 aliphatic carbocycles. The summed E-state index contributed by atoms with van der Waals surface area (Å²) in [6.45, 7) is 0. The van der Waals surface area contributed by atoms with Crippen LogP contribution in [0.3, 0.4) is 0 Å². The van der Waals surface area contributed by atoms with E-state index in [1.54, 1.807) is 34.3 Å². The summed E-state index contributed by atoms with van der Waals surface area (Å²) in [5.41, 5.74) is 2.11. The number of hydrogen-bond donors (Lipinski definition) is 0. The molecule has 0 aliphatic heterocycles. The smallest absolute Gasteiger partial charge is 0.153 e. The van der Waals surface area contributed by atoms with E-state index < -0.39 is 0 Å². The van der Waals surface area contributed by atoms with Gasteiger partial charge < -0.3 is 0 Å². The molecule has 0 spiro atoms. The third-order valence-corrected chi connectivity index (χ3v) is 4.71. The molecule has 6 heteroatoms. The molecule has 0 bridgehead atoms. The van der Waals surface area contributed by atoms with Crippen molar-refractivity contribution in [2.24, 2.45) is 0 Å². The first-order valence-electron chi connectivity index (χ1n) is 5.72. The fourth-order valence-corrected chi connectivity index (χ4v) is 3.39. The number of nitrogens with zero attached hydrogens (tertiary/aromatic N) is 2. The zero-order chi connectivity index (χ0) is 14.1. The standard InChI is InChI=1S/C14H8BrClN2OS/c15-10-5-13(20-8-10)14-9(7-19)6-18(17-14)12-3-1-11(16)2-4-12/h1-8H. The fraction of sp³-hybridized carbons (Fsp3) is 0. The zero-order valence-corrected chi connectivity index (χ0v) is 13.2. The molecule has 0 N–H and O–H groups in total. The zero-order valence-electron chi connectivity index (χ0n) is 10.1. The highest BCUT2D eigenvalue weighted by molar-refractivity contribution is 9.10. The summed E-state index contributed by atoms with van der Waals surface area (Å²) in [5.74, 6) is 0. The Bertz CT molecular complexity index is 764. The van der Waals surface area contributed by atoms with E-state index in [9.17, 15) is 4.79 Å². The van der Waals surface area contributed by atoms with Crippen molar-refractivity contribution in [2.45, 2.75) is 0 Å². The van der Waals surface area contributed by atoms with E-state index in [0.29, 0.717) is 16.3 Å². The molecule has 0 aliphatic rings. The van der Waals surface area contributed by atoms with Crippen LogP contribution >= 0.6 is 38.9 Å². The van der Waals surface area contributed by atoms with Gasteiger partial charge in [0.1, 0.15) is 5.69 Å². The van der Waals surface area contributed by atoms with Crippen molar-refractivity contribution >= 4 is 45.2 Å². The Labute approximate surface area is 132 Å². The number of carbonyl (C=O) groups excluding carboxylic acids is 1. The van der Waals surface area contributed by atoms with Gasteiger partial charge in [-0.3, -0.25) is 4.79 Å². The monoisotopic (exact) mass is 366 g/mol. The SMILES string of the molecule is O=Cc1cn(-c2ccc(Cl)cc2)nc1-c1cc(Br)cs1. The Kier molecular flexibility index (Phi) is 3.74. The molecular formula is C14H8BrClN2OS. The van der Waals surface area contributed by atoms with Crippen molar-refractivity contribution in [3.8, 4) is 16.3 Å². The van der Waals surface area contributed by atoms with Crippen LogP contribution in [0, 0.1) is 0 Å². The highest BCUT2D eigenvalue weighted by Crippen LogP contribution is 2.31. The molecule has 1 aromatic carbocycles. The number of rotatable bonds is 3. The molecule has 20 heavy (non-hydrogen) atoms. The Morgan fingerprint density at radius 1 is 1.30 bits per heavy atom. The lowest BCUT2D eigenvalue weighted by Crippen LogP contribution is -1.93. The van der Waals surface area contributed by atoms with Crippen molar-refractivity contribution < 1.29 is 4.79 Å². The normalized spacial score (nSPS) is 10.7. The topological polar surface area (TPSA) is 34.9 Å². The maximum Gasteiger partial charge on any atom is 0.153 e. The predicted octanol–water partition coefficient (Wildman–Crippen LogP) is 4.83. The van der Waals surface area contributed by atoms with Gasteiger partial charge >= 0.3 is 0 Å². The molecule has 0 fully saturated rings. The quantitative estimate of drug-likeness (QED) is 0.622. The number of benzene rings is 1. The predicted molar refractivity (Wildman–Crippen MR) is 85.0 cm³/mol. The molecule has 0 radical (unpaired) electrons. The van der Waals surface area contributed by atoms with Crippen molar-refractivity contribution in [3.05, 3.63) is 57.0 Å². The summed E-state index contributed by atoms with van der Waals surface area (Å²) in [4.78, 5) is 12.2. The second-order valence-corrected chi connectivity index (χ2v) is 6.36. The fourth-order valence-electron chi connectivity index (χ4n) is 1.83. The first kappa shape index (κ1) is 13.5. The number of halogens is 2. The van der Waals surface area contributed by atoms with E-state index in [0.717, 1.165) is 21.3 Å². The molecule has 2 heterocycles. The molecule has 0 saturated heterocycles. The largest absolute Gasteiger partial charge is 0.298 e. The lowest BCUT2D eigenvalue weighted by Gasteiger charge is -2.00. The molecule has 0 amide bonds. The Morgan fingerprint density at radius 2 is 2.05 bits per heavy atom. The summed E-state index contributed by atoms with van der Waals surface area (Å²) in [5, 5.41) is 7.13. The van der Waals surface area contributed by atoms with Gasteiger partial charge in [-0.25, -0.2) is 4.68 Å². The van der Waals surface area contributed by atoms with Gasteiger partial charge in [0, 0.05) is 21.1 Å². The van der Waals surface area contributed by atoms with Gasteiger partial charge in [0.25, 0.3) is 0 Å². The van der Waals surface area contributed by atoms with Crippen LogP contribution in [0.2, 0.25) is 5.02 Å². The average Bonchev–Trinajstić information content (AvgIpc) is 3.05. The first-order valence-corrected chi connectivity index (χ1v) is 7.77. The van der Waals surface area contributed by atoms with Crippen molar-refractivity contribution in [1.82, 2.24) is 9.78 Å². The second-order valence-electron chi connectivity index (χ2n) is 4.10. The highest BCUT2D eigenvalue weighted by atomic mass is 79.9. The maximum absolute atomic E-state index is 11.2. The maximum atomic E-state index is 11.2. The summed E-state index contributed by atoms with van der Waals surface area (Å²) in [6.07, 6.45) is 2.54. The van der Waals surface area contributed by atoms with Gasteiger partial charge in [-0.1, -0.05) is 11.6 Å². The van der Waals surface area contributed by atoms with Crippen molar-refractivity contribution in [2.75, 3.05) is 0 Å². The van der Waals surface area contributed by atoms with E-state index in [2.05, 4.69) is 21.0 Å². The Balaban J connectivity index is 2.09. The number of hydrogen-bond acceptors (Lipinski definition) is 3. The summed E-state index contributed by atoms with van der Waals surface area (Å²) < 4.78 is 2.67. The van der Waals surface area contributed by atoms with Crippen LogP contribution in [0.5, 0.6) is 0 Å². The van der Waals surface area contributed by atoms with E-state index >= 15 is 0 Å². The highest BCUT2D eigenvalue weighted by Gasteiger charge is 2.13. The molecule has 2 aromatic heterocycles. The molecule has 0 saturated carbocycles. The van der Waals surface area contributed by atoms with Crippen LogP contribution in [0.4, 0.5) is 0 Å². The molecule has 3 nitrogen and oxygen atoms in total. The third kappa shape index (κ3) is 2.57. The van der Waals surface area contributed by atoms with Crippen molar-refractivity contribution in [3.63, 3.8) is 0 Å². The average molecular weight is 368 g/mol. The van der Waals surface area contributed by atoms with Crippen LogP contribution in [0.15, 0.2) is 46.4 Å². The van der Waals surface area contributed by atoms with E-state index in [4.69, 9.17) is 11.6 Å². The second kappa shape index (κ2) is 5.52. The van der Waals surface area contributed by atoms with Crippen LogP contribution in [-0.2, 0) is 0 Å². The van der Waals surface area contributed by atoms with Gasteiger partial charge in [0.15, 0.2) is 6.29 Å². The Hall–Kier alpha value is -1.43. The minimum absolute atomic E-state index is 0.564. The number of aldehydes is 1. The molecular weight excluding hydrogens is 360 g/mol. The van der Waals surface area contributed by atoms with Crippen LogP contribution < -0.4 is 0 Å². The van der Waals surface area contributed by atoms with Crippen molar-refractivity contribution in [1.29, 1.82) is 0 Å². The molecule has 100 valence electrons. The lowest BCUT2D eigenvalue weighted by molar-refractivity contribution is 0.112. The van der Waals surface area contributed by atoms with Crippen LogP contribution in [0.25, 0.3) is 16.3 Å². The van der Waals surface area contributed by atoms with Gasteiger partial charge in [-0.15, -0.1) is 11.3 Å². The van der Waals surface area contributed by atoms with Gasteiger partial charge in [-0.05, 0) is 46.3 Å². The molecule has 0 unspecified atom stereocenters. The summed E-state index contributed by atoms with van der Waals surface area (Å²) in [6, 6.07) is 9.25. The summed E-state index contributed by atoms with van der Waals surface area (Å²) >= 11 is 10.8. The van der Waals surface area contributed by atoms with Crippen LogP contribution in [0.1, 0.15) is 10.4 Å². The third-order valence-electron chi connectivity index (χ3n) is 2.76. The Morgan fingerprint density at radius 3 is 2.65 bits per heavy atom. The van der Waals surface area contributed by atoms with Gasteiger partial charge in [0.2, 0.25) is 0 Å². The number of aromatic nitrogens is 2. The molecule has 3 rings (SSSR count). The van der Waals surface area contributed by atoms with E-state index in [1.807, 2.05) is 23.6 Å². The minimum atomic E-state index is 0.564. The first-order chi connectivity index (χ1) is 9.67. The van der Waals surface area contributed by atoms with Gasteiger partial charge in [-0.2, -0.15) is 5.10 Å². The van der Waals surface area contributed by atoms with E-state index in [1.165, 1.54) is 0 Å². The lowest BCUT2D eigenvalue weighted by atomic mass is 10.2. The van der Waals surface area contributed by atoms with Gasteiger partial charge in [0.05, 0.1) is 16.1 Å². The minimum Gasteiger partial charge on any atom is -0.298 e. The number of thiophene rings is 1. The van der Waals surface area contributed by atoms with Crippen LogP contribution in [-0.4, -0.2) is 16.1 Å². The summed E-state index contributed by atoms with van der Waals surface area (Å²) in [7, 11) is 0. The van der Waals surface area contributed by atoms with E-state index in [-0.39, 0.29) is 0 Å². The molecule has 3 aromatic rings. The number of carbonyl (C=O) groups is 1. The molecule has 0 atom stereocenters.